The average molecular weight is 433 g/mol. The van der Waals surface area contributed by atoms with Crippen LogP contribution in [0.1, 0.15) is 62.2 Å². The van der Waals surface area contributed by atoms with E-state index in [4.69, 9.17) is 21.1 Å². The van der Waals surface area contributed by atoms with Crippen LogP contribution in [0.2, 0.25) is 5.02 Å². The van der Waals surface area contributed by atoms with Gasteiger partial charge in [0.25, 0.3) is 0 Å². The lowest BCUT2D eigenvalue weighted by Crippen LogP contribution is -2.09. The van der Waals surface area contributed by atoms with Crippen LogP contribution in [0.5, 0.6) is 11.5 Å². The van der Waals surface area contributed by atoms with Crippen LogP contribution in [0.3, 0.4) is 0 Å². The molecular formula is C24H26ClFO4. The van der Waals surface area contributed by atoms with Gasteiger partial charge in [-0.05, 0) is 49.2 Å². The molecule has 0 aromatic heterocycles. The van der Waals surface area contributed by atoms with Crippen molar-refractivity contribution in [2.45, 2.75) is 51.9 Å². The summed E-state index contributed by atoms with van der Waals surface area (Å²) in [5.41, 5.74) is 0.240. The zero-order valence-corrected chi connectivity index (χ0v) is 17.8. The normalized spacial score (nSPS) is 10.9. The van der Waals surface area contributed by atoms with Crippen molar-refractivity contribution in [2.24, 2.45) is 0 Å². The lowest BCUT2D eigenvalue weighted by molar-refractivity contribution is -0.129. The van der Waals surface area contributed by atoms with E-state index in [-0.39, 0.29) is 16.3 Å². The highest BCUT2D eigenvalue weighted by Crippen LogP contribution is 2.22. The number of esters is 2. The molecule has 0 unspecified atom stereocenters. The van der Waals surface area contributed by atoms with Crippen LogP contribution < -0.4 is 9.47 Å². The molecule has 0 heterocycles. The molecule has 4 nitrogen and oxygen atoms in total. The average Bonchev–Trinajstić information content (AvgIpc) is 2.73. The third-order valence-electron chi connectivity index (χ3n) is 4.39. The Hall–Kier alpha value is -2.66. The molecule has 0 radical (unpaired) electrons. The summed E-state index contributed by atoms with van der Waals surface area (Å²) in [5, 5.41) is -0.0537. The van der Waals surface area contributed by atoms with Gasteiger partial charge in [0.05, 0.1) is 10.6 Å². The van der Waals surface area contributed by atoms with Crippen molar-refractivity contribution in [2.75, 3.05) is 0 Å². The second-order valence-corrected chi connectivity index (χ2v) is 7.28. The van der Waals surface area contributed by atoms with E-state index in [1.165, 1.54) is 74.6 Å². The Morgan fingerprint density at radius 2 is 1.60 bits per heavy atom. The SMILES string of the molecule is CCCCCCCC/C=C/C(=O)Oc1ccc(C(=O)Oc2ccc(Cl)c(F)c2)cc1. The molecule has 2 aromatic rings. The molecule has 30 heavy (non-hydrogen) atoms. The van der Waals surface area contributed by atoms with Crippen molar-refractivity contribution in [1.82, 2.24) is 0 Å². The molecule has 0 atom stereocenters. The topological polar surface area (TPSA) is 52.6 Å². The van der Waals surface area contributed by atoms with E-state index < -0.39 is 17.8 Å². The lowest BCUT2D eigenvalue weighted by atomic mass is 10.1. The molecule has 0 fully saturated rings. The van der Waals surface area contributed by atoms with Gasteiger partial charge in [0.2, 0.25) is 0 Å². The van der Waals surface area contributed by atoms with Gasteiger partial charge in [0, 0.05) is 12.1 Å². The zero-order chi connectivity index (χ0) is 21.8. The Labute approximate surface area is 181 Å². The maximum Gasteiger partial charge on any atom is 0.343 e. The number of ether oxygens (including phenoxy) is 2. The minimum atomic E-state index is -0.672. The summed E-state index contributed by atoms with van der Waals surface area (Å²) in [6.07, 6.45) is 11.3. The second-order valence-electron chi connectivity index (χ2n) is 6.87. The van der Waals surface area contributed by atoms with Crippen LogP contribution in [0, 0.1) is 5.82 Å². The number of carbonyl (C=O) groups is 2. The molecule has 0 spiro atoms. The van der Waals surface area contributed by atoms with E-state index in [1.807, 2.05) is 6.08 Å². The third kappa shape index (κ3) is 8.37. The monoisotopic (exact) mass is 432 g/mol. The van der Waals surface area contributed by atoms with Crippen molar-refractivity contribution >= 4 is 23.5 Å². The number of hydrogen-bond donors (Lipinski definition) is 0. The highest BCUT2D eigenvalue weighted by atomic mass is 35.5. The Morgan fingerprint density at radius 3 is 2.30 bits per heavy atom. The van der Waals surface area contributed by atoms with Crippen molar-refractivity contribution in [3.05, 3.63) is 71.0 Å². The maximum absolute atomic E-state index is 13.4. The summed E-state index contributed by atoms with van der Waals surface area (Å²) in [7, 11) is 0. The van der Waals surface area contributed by atoms with Gasteiger partial charge < -0.3 is 9.47 Å². The molecule has 0 bridgehead atoms. The molecule has 0 amide bonds. The van der Waals surface area contributed by atoms with Crippen LogP contribution in [0.4, 0.5) is 4.39 Å². The molecule has 0 saturated carbocycles. The first kappa shape index (κ1) is 23.6. The second kappa shape index (κ2) is 12.8. The smallest absolute Gasteiger partial charge is 0.343 e. The summed E-state index contributed by atoms with van der Waals surface area (Å²) in [6, 6.07) is 9.68. The number of allylic oxidation sites excluding steroid dienone is 1. The quantitative estimate of drug-likeness (QED) is 0.167. The highest BCUT2D eigenvalue weighted by molar-refractivity contribution is 6.30. The molecule has 2 aromatic carbocycles. The first-order chi connectivity index (χ1) is 14.5. The van der Waals surface area contributed by atoms with E-state index in [0.29, 0.717) is 5.75 Å². The fourth-order valence-electron chi connectivity index (χ4n) is 2.74. The first-order valence-corrected chi connectivity index (χ1v) is 10.5. The molecule has 0 aliphatic heterocycles. The minimum Gasteiger partial charge on any atom is -0.423 e. The Bertz CT molecular complexity index is 862. The zero-order valence-electron chi connectivity index (χ0n) is 17.0. The third-order valence-corrected chi connectivity index (χ3v) is 4.69. The van der Waals surface area contributed by atoms with Crippen LogP contribution in [0.25, 0.3) is 0 Å². The van der Waals surface area contributed by atoms with Gasteiger partial charge in [-0.15, -0.1) is 0 Å². The van der Waals surface area contributed by atoms with Gasteiger partial charge in [-0.2, -0.15) is 0 Å². The molecule has 0 N–H and O–H groups in total. The summed E-state index contributed by atoms with van der Waals surface area (Å²) >= 11 is 5.60. The molecule has 0 aliphatic carbocycles. The van der Waals surface area contributed by atoms with E-state index in [1.54, 1.807) is 0 Å². The predicted molar refractivity (Wildman–Crippen MR) is 116 cm³/mol. The summed E-state index contributed by atoms with van der Waals surface area (Å²) in [5.74, 6) is -1.43. The van der Waals surface area contributed by atoms with Gasteiger partial charge in [-0.1, -0.05) is 56.7 Å². The first-order valence-electron chi connectivity index (χ1n) is 10.1. The fourth-order valence-corrected chi connectivity index (χ4v) is 2.86. The van der Waals surface area contributed by atoms with E-state index in [2.05, 4.69) is 6.92 Å². The molecule has 0 saturated heterocycles. The standard InChI is InChI=1S/C24H26ClFO4/c1-2-3-4-5-6-7-8-9-10-23(27)29-19-13-11-18(12-14-19)24(28)30-20-15-16-21(25)22(26)17-20/h9-17H,2-8H2,1H3/b10-9+. The Balaban J connectivity index is 1.76. The number of carbonyl (C=O) groups excluding carboxylic acids is 2. The number of rotatable bonds is 11. The Morgan fingerprint density at radius 1 is 0.933 bits per heavy atom. The number of halogens is 2. The van der Waals surface area contributed by atoms with Crippen molar-refractivity contribution in [1.29, 1.82) is 0 Å². The predicted octanol–water partition coefficient (Wildman–Crippen LogP) is 6.91. The molecule has 0 aliphatic rings. The molecule has 6 heteroatoms. The van der Waals surface area contributed by atoms with E-state index >= 15 is 0 Å². The molecule has 160 valence electrons. The summed E-state index contributed by atoms with van der Waals surface area (Å²) in [6.45, 7) is 2.19. The van der Waals surface area contributed by atoms with Crippen LogP contribution in [-0.4, -0.2) is 11.9 Å². The molecular weight excluding hydrogens is 407 g/mol. The maximum atomic E-state index is 13.4. The van der Waals surface area contributed by atoms with Crippen LogP contribution in [-0.2, 0) is 4.79 Å². The number of unbranched alkanes of at least 4 members (excludes halogenated alkanes) is 6. The van der Waals surface area contributed by atoms with Gasteiger partial charge in [-0.3, -0.25) is 0 Å². The van der Waals surface area contributed by atoms with Gasteiger partial charge in [0.15, 0.2) is 0 Å². The van der Waals surface area contributed by atoms with Crippen molar-refractivity contribution in [3.63, 3.8) is 0 Å². The minimum absolute atomic E-state index is 0.0490. The number of hydrogen-bond acceptors (Lipinski definition) is 4. The van der Waals surface area contributed by atoms with Gasteiger partial charge in [0.1, 0.15) is 17.3 Å². The van der Waals surface area contributed by atoms with Crippen molar-refractivity contribution < 1.29 is 23.5 Å². The summed E-state index contributed by atoms with van der Waals surface area (Å²) in [4.78, 5) is 24.0. The van der Waals surface area contributed by atoms with E-state index in [0.717, 1.165) is 18.9 Å². The van der Waals surface area contributed by atoms with Gasteiger partial charge in [-0.25, -0.2) is 14.0 Å². The van der Waals surface area contributed by atoms with Gasteiger partial charge >= 0.3 is 11.9 Å². The van der Waals surface area contributed by atoms with E-state index in [9.17, 15) is 14.0 Å². The number of benzene rings is 2. The largest absolute Gasteiger partial charge is 0.423 e. The fraction of sp³-hybridized carbons (Fsp3) is 0.333. The van der Waals surface area contributed by atoms with Crippen molar-refractivity contribution in [3.8, 4) is 11.5 Å². The summed E-state index contributed by atoms with van der Waals surface area (Å²) < 4.78 is 23.7. The molecule has 2 rings (SSSR count). The lowest BCUT2D eigenvalue weighted by Gasteiger charge is -2.06. The van der Waals surface area contributed by atoms with Crippen LogP contribution >= 0.6 is 11.6 Å². The van der Waals surface area contributed by atoms with Crippen LogP contribution in [0.15, 0.2) is 54.6 Å². The highest BCUT2D eigenvalue weighted by Gasteiger charge is 2.11. The Kier molecular flexibility index (Phi) is 10.1.